The SMILES string of the molecule is CN(CCCCCCOc1ccc(/C=C2\COc3ccccc3C2=O)cc1)Cc1ccccc1. The molecule has 0 unspecified atom stereocenters. The molecule has 1 aliphatic rings. The van der Waals surface area contributed by atoms with Gasteiger partial charge in [-0.1, -0.05) is 67.4 Å². The van der Waals surface area contributed by atoms with E-state index in [0.717, 1.165) is 37.4 Å². The summed E-state index contributed by atoms with van der Waals surface area (Å²) in [6, 6.07) is 25.9. The maximum Gasteiger partial charge on any atom is 0.196 e. The average molecular weight is 456 g/mol. The number of benzene rings is 3. The molecule has 0 amide bonds. The second kappa shape index (κ2) is 12.2. The Labute approximate surface area is 202 Å². The van der Waals surface area contributed by atoms with Gasteiger partial charge in [0.05, 0.1) is 12.2 Å². The fourth-order valence-corrected chi connectivity index (χ4v) is 4.14. The molecule has 34 heavy (non-hydrogen) atoms. The van der Waals surface area contributed by atoms with E-state index < -0.39 is 0 Å². The predicted octanol–water partition coefficient (Wildman–Crippen LogP) is 6.42. The van der Waals surface area contributed by atoms with Crippen LogP contribution in [0.15, 0.2) is 84.4 Å². The Kier molecular flexibility index (Phi) is 8.53. The minimum absolute atomic E-state index is 0.0356. The summed E-state index contributed by atoms with van der Waals surface area (Å²) in [6.07, 6.45) is 6.55. The zero-order valence-electron chi connectivity index (χ0n) is 19.9. The Morgan fingerprint density at radius 3 is 2.44 bits per heavy atom. The number of Topliss-reactive ketones (excluding diaryl/α,β-unsaturated/α-hetero) is 1. The smallest absolute Gasteiger partial charge is 0.196 e. The first kappa shape index (κ1) is 23.8. The number of ether oxygens (including phenoxy) is 2. The van der Waals surface area contributed by atoms with Crippen LogP contribution in [-0.2, 0) is 6.54 Å². The molecule has 1 heterocycles. The maximum absolute atomic E-state index is 12.7. The molecule has 0 N–H and O–H groups in total. The van der Waals surface area contributed by atoms with E-state index in [9.17, 15) is 4.79 Å². The number of unbranched alkanes of at least 4 members (excludes halogenated alkanes) is 3. The third kappa shape index (κ3) is 6.82. The van der Waals surface area contributed by atoms with Crippen molar-refractivity contribution in [1.29, 1.82) is 0 Å². The molecule has 0 saturated heterocycles. The zero-order chi connectivity index (χ0) is 23.6. The molecule has 0 fully saturated rings. The van der Waals surface area contributed by atoms with Gasteiger partial charge in [-0.05, 0) is 67.9 Å². The van der Waals surface area contributed by atoms with Gasteiger partial charge in [-0.15, -0.1) is 0 Å². The monoisotopic (exact) mass is 455 g/mol. The molecule has 4 heteroatoms. The van der Waals surface area contributed by atoms with Gasteiger partial charge in [0, 0.05) is 12.1 Å². The Morgan fingerprint density at radius 1 is 0.882 bits per heavy atom. The summed E-state index contributed by atoms with van der Waals surface area (Å²) in [5.41, 5.74) is 3.63. The number of ketones is 1. The van der Waals surface area contributed by atoms with Crippen LogP contribution in [0.2, 0.25) is 0 Å². The average Bonchev–Trinajstić information content (AvgIpc) is 2.87. The lowest BCUT2D eigenvalue weighted by atomic mass is 9.98. The minimum Gasteiger partial charge on any atom is -0.494 e. The van der Waals surface area contributed by atoms with Crippen molar-refractivity contribution in [3.63, 3.8) is 0 Å². The molecule has 0 bridgehead atoms. The number of carbonyl (C=O) groups is 1. The Balaban J connectivity index is 1.13. The van der Waals surface area contributed by atoms with Gasteiger partial charge in [0.2, 0.25) is 0 Å². The van der Waals surface area contributed by atoms with E-state index in [1.807, 2.05) is 54.6 Å². The molecule has 0 spiro atoms. The van der Waals surface area contributed by atoms with Gasteiger partial charge < -0.3 is 14.4 Å². The number of carbonyl (C=O) groups excluding carboxylic acids is 1. The summed E-state index contributed by atoms with van der Waals surface area (Å²) < 4.78 is 11.6. The number of rotatable bonds is 11. The van der Waals surface area contributed by atoms with Crippen molar-refractivity contribution in [3.8, 4) is 11.5 Å². The molecule has 3 aromatic rings. The second-order valence-corrected chi connectivity index (χ2v) is 8.84. The lowest BCUT2D eigenvalue weighted by Gasteiger charge is -2.18. The van der Waals surface area contributed by atoms with Crippen LogP contribution in [0.3, 0.4) is 0 Å². The molecule has 0 saturated carbocycles. The highest BCUT2D eigenvalue weighted by Gasteiger charge is 2.22. The maximum atomic E-state index is 12.7. The van der Waals surface area contributed by atoms with Crippen molar-refractivity contribution in [3.05, 3.63) is 101 Å². The third-order valence-corrected chi connectivity index (χ3v) is 6.03. The van der Waals surface area contributed by atoms with Crippen LogP contribution in [0.1, 0.15) is 47.2 Å². The van der Waals surface area contributed by atoms with Gasteiger partial charge in [-0.2, -0.15) is 0 Å². The first-order valence-electron chi connectivity index (χ1n) is 12.1. The molecular formula is C30H33NO3. The number of fused-ring (bicyclic) bond motifs is 1. The number of hydrogen-bond donors (Lipinski definition) is 0. The fourth-order valence-electron chi connectivity index (χ4n) is 4.14. The summed E-state index contributed by atoms with van der Waals surface area (Å²) in [5, 5.41) is 0. The highest BCUT2D eigenvalue weighted by atomic mass is 16.5. The van der Waals surface area contributed by atoms with Crippen LogP contribution in [0.4, 0.5) is 0 Å². The van der Waals surface area contributed by atoms with Crippen molar-refractivity contribution in [1.82, 2.24) is 4.90 Å². The van der Waals surface area contributed by atoms with Crippen LogP contribution >= 0.6 is 0 Å². The molecule has 4 rings (SSSR count). The summed E-state index contributed by atoms with van der Waals surface area (Å²) in [5.74, 6) is 1.56. The molecule has 0 aromatic heterocycles. The largest absolute Gasteiger partial charge is 0.494 e. The van der Waals surface area contributed by atoms with Crippen LogP contribution in [0.5, 0.6) is 11.5 Å². The lowest BCUT2D eigenvalue weighted by Crippen LogP contribution is -2.19. The first-order chi connectivity index (χ1) is 16.7. The highest BCUT2D eigenvalue weighted by Crippen LogP contribution is 2.27. The van der Waals surface area contributed by atoms with E-state index in [1.54, 1.807) is 0 Å². The summed E-state index contributed by atoms with van der Waals surface area (Å²) >= 11 is 0. The van der Waals surface area contributed by atoms with Gasteiger partial charge in [0.25, 0.3) is 0 Å². The minimum atomic E-state index is 0.0356. The molecule has 0 atom stereocenters. The van der Waals surface area contributed by atoms with Crippen LogP contribution in [0, 0.1) is 0 Å². The van der Waals surface area contributed by atoms with Crippen molar-refractivity contribution in [2.75, 3.05) is 26.8 Å². The van der Waals surface area contributed by atoms with Gasteiger partial charge >= 0.3 is 0 Å². The highest BCUT2D eigenvalue weighted by molar-refractivity contribution is 6.14. The Bertz CT molecular complexity index is 1090. The van der Waals surface area contributed by atoms with Crippen molar-refractivity contribution < 1.29 is 14.3 Å². The number of para-hydroxylation sites is 1. The topological polar surface area (TPSA) is 38.8 Å². The summed E-state index contributed by atoms with van der Waals surface area (Å²) in [4.78, 5) is 15.1. The molecule has 1 aliphatic heterocycles. The van der Waals surface area contributed by atoms with Crippen LogP contribution in [0.25, 0.3) is 6.08 Å². The summed E-state index contributed by atoms with van der Waals surface area (Å²) in [7, 11) is 2.19. The van der Waals surface area contributed by atoms with Crippen molar-refractivity contribution in [2.45, 2.75) is 32.2 Å². The van der Waals surface area contributed by atoms with Gasteiger partial charge in [0.1, 0.15) is 18.1 Å². The van der Waals surface area contributed by atoms with E-state index >= 15 is 0 Å². The Hall–Kier alpha value is -3.37. The van der Waals surface area contributed by atoms with Gasteiger partial charge in [-0.25, -0.2) is 0 Å². The fraction of sp³-hybridized carbons (Fsp3) is 0.300. The molecular weight excluding hydrogens is 422 g/mol. The normalized spacial score (nSPS) is 14.2. The summed E-state index contributed by atoms with van der Waals surface area (Å²) in [6.45, 7) is 3.15. The third-order valence-electron chi connectivity index (χ3n) is 6.03. The molecule has 176 valence electrons. The zero-order valence-corrected chi connectivity index (χ0v) is 19.9. The van der Waals surface area contributed by atoms with E-state index in [0.29, 0.717) is 23.5 Å². The van der Waals surface area contributed by atoms with Crippen molar-refractivity contribution in [2.24, 2.45) is 0 Å². The van der Waals surface area contributed by atoms with Crippen LogP contribution in [-0.4, -0.2) is 37.5 Å². The van der Waals surface area contributed by atoms with Gasteiger partial charge in [-0.3, -0.25) is 4.79 Å². The molecule has 0 aliphatic carbocycles. The second-order valence-electron chi connectivity index (χ2n) is 8.84. The quantitative estimate of drug-likeness (QED) is 0.247. The van der Waals surface area contributed by atoms with Gasteiger partial charge in [0.15, 0.2) is 5.78 Å². The number of nitrogens with zero attached hydrogens (tertiary/aromatic N) is 1. The predicted molar refractivity (Wildman–Crippen MR) is 137 cm³/mol. The first-order valence-corrected chi connectivity index (χ1v) is 12.1. The number of hydrogen-bond acceptors (Lipinski definition) is 4. The van der Waals surface area contributed by atoms with E-state index in [1.165, 1.54) is 24.8 Å². The van der Waals surface area contributed by atoms with Crippen LogP contribution < -0.4 is 9.47 Å². The molecule has 0 radical (unpaired) electrons. The van der Waals surface area contributed by atoms with E-state index in [2.05, 4.69) is 42.3 Å². The van der Waals surface area contributed by atoms with Crippen molar-refractivity contribution >= 4 is 11.9 Å². The van der Waals surface area contributed by atoms with E-state index in [4.69, 9.17) is 9.47 Å². The molecule has 4 nitrogen and oxygen atoms in total. The van der Waals surface area contributed by atoms with E-state index in [-0.39, 0.29) is 5.78 Å². The Morgan fingerprint density at radius 2 is 1.62 bits per heavy atom. The molecule has 3 aromatic carbocycles. The lowest BCUT2D eigenvalue weighted by molar-refractivity contribution is 0.100. The standard InChI is InChI=1S/C30H33NO3/c1-31(22-25-11-5-4-6-12-25)19-9-2-3-10-20-33-27-17-15-24(16-18-27)21-26-23-34-29-14-8-7-13-28(29)30(26)32/h4-8,11-18,21H,2-3,9-10,19-20,22-23H2,1H3/b26-21+.